The van der Waals surface area contributed by atoms with Crippen LogP contribution >= 0.6 is 0 Å². The van der Waals surface area contributed by atoms with Crippen molar-refractivity contribution < 1.29 is 19.1 Å². The van der Waals surface area contributed by atoms with Crippen LogP contribution in [0.5, 0.6) is 0 Å². The van der Waals surface area contributed by atoms with Gasteiger partial charge < -0.3 is 10.1 Å². The lowest BCUT2D eigenvalue weighted by atomic mass is 10.1. The summed E-state index contributed by atoms with van der Waals surface area (Å²) in [6.45, 7) is 4.09. The van der Waals surface area contributed by atoms with Crippen molar-refractivity contribution in [2.45, 2.75) is 20.0 Å². The van der Waals surface area contributed by atoms with E-state index in [1.807, 2.05) is 31.2 Å². The van der Waals surface area contributed by atoms with E-state index in [4.69, 9.17) is 4.74 Å². The molecule has 0 unspecified atom stereocenters. The molecule has 116 valence electrons. The molecule has 1 N–H and O–H groups in total. The van der Waals surface area contributed by atoms with Crippen LogP contribution in [0.1, 0.15) is 18.1 Å². The largest absolute Gasteiger partial charge is 0.449 e. The van der Waals surface area contributed by atoms with E-state index < -0.39 is 24.0 Å². The molecule has 1 aliphatic rings. The third-order valence-electron chi connectivity index (χ3n) is 3.35. The number of rotatable bonds is 4. The monoisotopic (exact) mass is 302 g/mol. The highest BCUT2D eigenvalue weighted by Crippen LogP contribution is 2.09. The number of hydrogen-bond acceptors (Lipinski definition) is 4. The maximum atomic E-state index is 12.0. The van der Waals surface area contributed by atoms with Crippen LogP contribution in [-0.2, 0) is 14.3 Å². The molecule has 0 spiro atoms. The van der Waals surface area contributed by atoms with Crippen LogP contribution in [0.2, 0.25) is 0 Å². The molecule has 0 radical (unpaired) electrons. The van der Waals surface area contributed by atoms with E-state index in [1.54, 1.807) is 6.08 Å². The average Bonchev–Trinajstić information content (AvgIpc) is 2.91. The number of amides is 3. The summed E-state index contributed by atoms with van der Waals surface area (Å²) >= 11 is 0. The van der Waals surface area contributed by atoms with Gasteiger partial charge in [0.1, 0.15) is 0 Å². The molecule has 0 bridgehead atoms. The van der Waals surface area contributed by atoms with Gasteiger partial charge >= 0.3 is 12.0 Å². The Morgan fingerprint density at radius 1 is 1.36 bits per heavy atom. The van der Waals surface area contributed by atoms with Crippen molar-refractivity contribution in [2.75, 3.05) is 13.1 Å². The molecule has 22 heavy (non-hydrogen) atoms. The first kappa shape index (κ1) is 15.8. The predicted octanol–water partition coefficient (Wildman–Crippen LogP) is 1.49. The standard InChI is InChI=1S/C16H18N2O4/c1-11-5-3-4-6-13(11)7-8-14(19)22-12(2)15(20)18-10-9-17-16(18)21/h3-8,12H,9-10H2,1-2H3,(H,17,21)/b8-7+/t12-/m0/s1. The zero-order valence-corrected chi connectivity index (χ0v) is 12.5. The second-order valence-electron chi connectivity index (χ2n) is 4.99. The molecule has 1 saturated heterocycles. The van der Waals surface area contributed by atoms with Crippen LogP contribution in [0.4, 0.5) is 4.79 Å². The zero-order chi connectivity index (χ0) is 16.1. The number of nitrogens with zero attached hydrogens (tertiary/aromatic N) is 1. The number of imide groups is 1. The Morgan fingerprint density at radius 3 is 2.73 bits per heavy atom. The van der Waals surface area contributed by atoms with Crippen molar-refractivity contribution in [3.8, 4) is 0 Å². The fourth-order valence-corrected chi connectivity index (χ4v) is 2.10. The fraction of sp³-hybridized carbons (Fsp3) is 0.312. The van der Waals surface area contributed by atoms with E-state index in [-0.39, 0.29) is 0 Å². The van der Waals surface area contributed by atoms with Crippen LogP contribution in [-0.4, -0.2) is 42.0 Å². The Balaban J connectivity index is 1.92. The molecule has 0 aliphatic carbocycles. The van der Waals surface area contributed by atoms with Crippen LogP contribution in [0, 0.1) is 6.92 Å². The number of aryl methyl sites for hydroxylation is 1. The number of ether oxygens (including phenoxy) is 1. The molecular formula is C16H18N2O4. The summed E-state index contributed by atoms with van der Waals surface area (Å²) in [4.78, 5) is 36.2. The highest BCUT2D eigenvalue weighted by Gasteiger charge is 2.31. The number of esters is 1. The average molecular weight is 302 g/mol. The van der Waals surface area contributed by atoms with E-state index in [0.717, 1.165) is 16.0 Å². The van der Waals surface area contributed by atoms with Gasteiger partial charge in [0.25, 0.3) is 5.91 Å². The minimum absolute atomic E-state index is 0.290. The number of nitrogens with one attached hydrogen (secondary N) is 1. The van der Waals surface area contributed by atoms with Crippen LogP contribution in [0.3, 0.4) is 0 Å². The smallest absolute Gasteiger partial charge is 0.331 e. The molecule has 0 saturated carbocycles. The van der Waals surface area contributed by atoms with Crippen molar-refractivity contribution >= 4 is 24.0 Å². The molecule has 6 heteroatoms. The maximum Gasteiger partial charge on any atom is 0.331 e. The Hall–Kier alpha value is -2.63. The van der Waals surface area contributed by atoms with Gasteiger partial charge in [-0.05, 0) is 31.1 Å². The van der Waals surface area contributed by atoms with Gasteiger partial charge in [0.05, 0.1) is 0 Å². The van der Waals surface area contributed by atoms with Crippen molar-refractivity contribution in [3.63, 3.8) is 0 Å². The first-order chi connectivity index (χ1) is 10.5. The third-order valence-corrected chi connectivity index (χ3v) is 3.35. The van der Waals surface area contributed by atoms with E-state index >= 15 is 0 Å². The Kier molecular flexibility index (Phi) is 4.93. The first-order valence-corrected chi connectivity index (χ1v) is 7.02. The van der Waals surface area contributed by atoms with E-state index in [9.17, 15) is 14.4 Å². The lowest BCUT2D eigenvalue weighted by molar-refractivity contribution is -0.153. The van der Waals surface area contributed by atoms with E-state index in [1.165, 1.54) is 13.0 Å². The van der Waals surface area contributed by atoms with Crippen LogP contribution in [0.25, 0.3) is 6.08 Å². The van der Waals surface area contributed by atoms with Gasteiger partial charge in [0.2, 0.25) is 0 Å². The van der Waals surface area contributed by atoms with Gasteiger partial charge in [0, 0.05) is 19.2 Å². The highest BCUT2D eigenvalue weighted by molar-refractivity contribution is 5.99. The SMILES string of the molecule is Cc1ccccc1/C=C/C(=O)O[C@@H](C)C(=O)N1CCNC1=O. The summed E-state index contributed by atoms with van der Waals surface area (Å²) in [6, 6.07) is 7.14. The van der Waals surface area contributed by atoms with Crippen LogP contribution in [0.15, 0.2) is 30.3 Å². The second kappa shape index (κ2) is 6.89. The second-order valence-corrected chi connectivity index (χ2v) is 4.99. The summed E-state index contributed by atoms with van der Waals surface area (Å²) in [7, 11) is 0. The van der Waals surface area contributed by atoms with Gasteiger partial charge in [-0.25, -0.2) is 9.59 Å². The number of carbonyl (C=O) groups excluding carboxylic acids is 3. The molecule has 2 rings (SSSR count). The molecule has 1 atom stereocenters. The molecule has 1 aliphatic heterocycles. The molecule has 1 heterocycles. The normalized spacial score (nSPS) is 15.7. The summed E-state index contributed by atoms with van der Waals surface area (Å²) in [5, 5.41) is 2.52. The van der Waals surface area contributed by atoms with Gasteiger partial charge in [-0.1, -0.05) is 24.3 Å². The summed E-state index contributed by atoms with van der Waals surface area (Å²) in [5.74, 6) is -1.14. The zero-order valence-electron chi connectivity index (χ0n) is 12.5. The highest BCUT2D eigenvalue weighted by atomic mass is 16.5. The van der Waals surface area contributed by atoms with Crippen LogP contribution < -0.4 is 5.32 Å². The van der Waals surface area contributed by atoms with Gasteiger partial charge in [-0.3, -0.25) is 9.69 Å². The van der Waals surface area contributed by atoms with Gasteiger partial charge in [0.15, 0.2) is 6.10 Å². The van der Waals surface area contributed by atoms with Crippen molar-refractivity contribution in [2.24, 2.45) is 0 Å². The van der Waals surface area contributed by atoms with E-state index in [2.05, 4.69) is 5.32 Å². The molecule has 1 aromatic carbocycles. The van der Waals surface area contributed by atoms with E-state index in [0.29, 0.717) is 13.1 Å². The summed E-state index contributed by atoms with van der Waals surface area (Å²) in [5.41, 5.74) is 1.93. The summed E-state index contributed by atoms with van der Waals surface area (Å²) < 4.78 is 5.04. The number of benzene rings is 1. The van der Waals surface area contributed by atoms with Gasteiger partial charge in [-0.2, -0.15) is 0 Å². The summed E-state index contributed by atoms with van der Waals surface area (Å²) in [6.07, 6.45) is 1.91. The Morgan fingerprint density at radius 2 is 2.09 bits per heavy atom. The number of hydrogen-bond donors (Lipinski definition) is 1. The number of urea groups is 1. The van der Waals surface area contributed by atoms with Crippen molar-refractivity contribution in [1.82, 2.24) is 10.2 Å². The predicted molar refractivity (Wildman–Crippen MR) is 80.9 cm³/mol. The van der Waals surface area contributed by atoms with Crippen molar-refractivity contribution in [1.29, 1.82) is 0 Å². The lowest BCUT2D eigenvalue weighted by Crippen LogP contribution is -2.41. The molecule has 1 fully saturated rings. The number of carbonyl (C=O) groups is 3. The first-order valence-electron chi connectivity index (χ1n) is 7.02. The Labute approximate surface area is 128 Å². The van der Waals surface area contributed by atoms with Gasteiger partial charge in [-0.15, -0.1) is 0 Å². The minimum Gasteiger partial charge on any atom is -0.449 e. The third kappa shape index (κ3) is 3.72. The molecular weight excluding hydrogens is 284 g/mol. The van der Waals surface area contributed by atoms with Crippen molar-refractivity contribution in [3.05, 3.63) is 41.5 Å². The molecule has 0 aromatic heterocycles. The molecule has 6 nitrogen and oxygen atoms in total. The minimum atomic E-state index is -1.00. The lowest BCUT2D eigenvalue weighted by Gasteiger charge is -2.17. The maximum absolute atomic E-state index is 12.0. The molecule has 1 aromatic rings. The molecule has 3 amide bonds. The topological polar surface area (TPSA) is 75.7 Å². The fourth-order valence-electron chi connectivity index (χ4n) is 2.10. The quantitative estimate of drug-likeness (QED) is 0.675. The Bertz CT molecular complexity index is 624.